The molecule has 0 radical (unpaired) electrons. The van der Waals surface area contributed by atoms with Crippen LogP contribution in [-0.4, -0.2) is 15.1 Å². The summed E-state index contributed by atoms with van der Waals surface area (Å²) in [5.41, 5.74) is 6.85. The molecule has 0 N–H and O–H groups in total. The zero-order valence-corrected chi connectivity index (χ0v) is 30.9. The number of non-ortho nitro benzene ring substituents is 1. The normalized spacial score (nSPS) is 18.2. The van der Waals surface area contributed by atoms with Crippen molar-refractivity contribution in [3.05, 3.63) is 106 Å². The number of para-hydroxylation sites is 1. The molecule has 3 aromatic rings. The van der Waals surface area contributed by atoms with Gasteiger partial charge >= 0.3 is 129 Å². The Balaban J connectivity index is 0.000000242. The first-order chi connectivity index (χ1) is 18.5. The minimum atomic E-state index is -1.02. The molecule has 1 atom stereocenters. The number of aryl methyl sites for hydroxylation is 2. The zero-order valence-electron chi connectivity index (χ0n) is 22.7. The molecule has 1 fully saturated rings. The van der Waals surface area contributed by atoms with Crippen LogP contribution >= 0.6 is 62.5 Å². The SMILES string of the molecule is CCc1cccc(CC)c1N1[CH-][C@@](C)(c2ccccc2)CC1(C)C.O=[N+]([O-])c1ccc(OI)c([CH]=[Ru]([I])[I])c1. The summed E-state index contributed by atoms with van der Waals surface area (Å²) in [6.07, 6.45) is 3.28. The van der Waals surface area contributed by atoms with Crippen molar-refractivity contribution in [1.29, 1.82) is 0 Å². The number of nitro benzene ring substituents is 1. The Hall–Kier alpha value is -0.657. The van der Waals surface area contributed by atoms with Crippen molar-refractivity contribution in [2.24, 2.45) is 0 Å². The fourth-order valence-electron chi connectivity index (χ4n) is 5.26. The van der Waals surface area contributed by atoms with Gasteiger partial charge < -0.3 is 4.90 Å². The van der Waals surface area contributed by atoms with E-state index in [1.807, 2.05) is 4.61 Å². The van der Waals surface area contributed by atoms with Crippen molar-refractivity contribution >= 4 is 78.5 Å². The van der Waals surface area contributed by atoms with Gasteiger partial charge in [0.2, 0.25) is 0 Å². The maximum absolute atomic E-state index is 10.6. The summed E-state index contributed by atoms with van der Waals surface area (Å²) in [5.74, 6) is 0.674. The molecule has 9 heteroatoms. The maximum atomic E-state index is 10.6. The molecular weight excluding hydrogens is 918 g/mol. The van der Waals surface area contributed by atoms with Crippen LogP contribution in [0.15, 0.2) is 66.7 Å². The molecule has 1 saturated heterocycles. The number of nitro groups is 1. The average molecular weight is 952 g/mol. The van der Waals surface area contributed by atoms with Crippen molar-refractivity contribution in [2.45, 2.75) is 64.8 Å². The van der Waals surface area contributed by atoms with E-state index < -0.39 is 13.4 Å². The summed E-state index contributed by atoms with van der Waals surface area (Å²) < 4.78 is 7.16. The van der Waals surface area contributed by atoms with Gasteiger partial charge in [-0.15, -0.1) is 5.41 Å². The van der Waals surface area contributed by atoms with E-state index in [2.05, 4.69) is 134 Å². The predicted molar refractivity (Wildman–Crippen MR) is 185 cm³/mol. The molecule has 39 heavy (non-hydrogen) atoms. The van der Waals surface area contributed by atoms with E-state index in [9.17, 15) is 10.1 Å². The molecule has 0 unspecified atom stereocenters. The quantitative estimate of drug-likeness (QED) is 0.0779. The number of hydrogen-bond acceptors (Lipinski definition) is 4. The molecule has 1 heterocycles. The van der Waals surface area contributed by atoms with E-state index in [1.54, 1.807) is 35.1 Å². The number of nitrogens with zero attached hydrogens (tertiary/aromatic N) is 2. The molecular formula is C30H34I3N2O3Ru-. The summed E-state index contributed by atoms with van der Waals surface area (Å²) in [6, 6.07) is 22.4. The summed E-state index contributed by atoms with van der Waals surface area (Å²) in [6.45, 7) is 14.1. The van der Waals surface area contributed by atoms with Gasteiger partial charge in [-0.05, 0) is 44.2 Å². The van der Waals surface area contributed by atoms with Crippen LogP contribution in [0.25, 0.3) is 0 Å². The van der Waals surface area contributed by atoms with E-state index in [-0.39, 0.29) is 16.6 Å². The Labute approximate surface area is 273 Å². The molecule has 0 bridgehead atoms. The molecule has 1 aliphatic heterocycles. The first-order valence-electron chi connectivity index (χ1n) is 12.7. The van der Waals surface area contributed by atoms with E-state index in [0.29, 0.717) is 5.75 Å². The summed E-state index contributed by atoms with van der Waals surface area (Å²) >= 11 is 6.49. The molecule has 1 aliphatic rings. The topological polar surface area (TPSA) is 55.6 Å². The van der Waals surface area contributed by atoms with Gasteiger partial charge in [-0.25, -0.2) is 6.54 Å². The van der Waals surface area contributed by atoms with Gasteiger partial charge in [-0.3, -0.25) is 0 Å². The monoisotopic (exact) mass is 953 g/mol. The Bertz CT molecular complexity index is 1310. The standard InChI is InChI=1S/C23H30N.C7H4INO3.2HI.Ru/c1-6-18-12-11-13-19(7-2)21(18)24-17-23(5,16-22(24,3)4)20-14-9-8-10-15-20;1-5-4-6(9(10)11)2-3-7(5)12-8;;;/h8-15,17H,6-7,16H2,1-5H3;1-4H;2*1H;/q-1;;;;+2/p-2/t23-;;;;/m0..../s1. The third-order valence-corrected chi connectivity index (χ3v) is 11.0. The third-order valence-electron chi connectivity index (χ3n) is 6.98. The average Bonchev–Trinajstić information content (AvgIpc) is 3.17. The molecule has 212 valence electrons. The molecule has 0 aromatic heterocycles. The van der Waals surface area contributed by atoms with Crippen LogP contribution in [0.3, 0.4) is 0 Å². The van der Waals surface area contributed by atoms with Gasteiger partial charge in [-0.1, -0.05) is 74.9 Å². The zero-order chi connectivity index (χ0) is 28.8. The van der Waals surface area contributed by atoms with Crippen molar-refractivity contribution in [3.8, 4) is 5.75 Å². The van der Waals surface area contributed by atoms with Gasteiger partial charge in [0.15, 0.2) is 0 Å². The second kappa shape index (κ2) is 14.5. The molecule has 5 nitrogen and oxygen atoms in total. The number of anilines is 1. The van der Waals surface area contributed by atoms with Gasteiger partial charge in [0.05, 0.1) is 0 Å². The van der Waals surface area contributed by atoms with Gasteiger partial charge in [0.1, 0.15) is 0 Å². The van der Waals surface area contributed by atoms with Gasteiger partial charge in [0, 0.05) is 11.2 Å². The van der Waals surface area contributed by atoms with Crippen LogP contribution in [0.1, 0.15) is 63.3 Å². The fraction of sp³-hybridized carbons (Fsp3) is 0.333. The molecule has 0 saturated carbocycles. The third kappa shape index (κ3) is 8.22. The molecule has 3 aromatic carbocycles. The van der Waals surface area contributed by atoms with Crippen molar-refractivity contribution in [2.75, 3.05) is 4.90 Å². The molecule has 4 rings (SSSR count). The Morgan fingerprint density at radius 2 is 1.64 bits per heavy atom. The number of benzene rings is 3. The van der Waals surface area contributed by atoms with E-state index >= 15 is 0 Å². The second-order valence-electron chi connectivity index (χ2n) is 10.3. The van der Waals surface area contributed by atoms with Crippen molar-refractivity contribution in [3.63, 3.8) is 0 Å². The Kier molecular flexibility index (Phi) is 12.2. The minimum absolute atomic E-state index is 0.0800. The van der Waals surface area contributed by atoms with Crippen LogP contribution in [-0.2, 0) is 26.7 Å². The van der Waals surface area contributed by atoms with Crippen molar-refractivity contribution in [1.82, 2.24) is 0 Å². The first-order valence-corrected chi connectivity index (χ1v) is 24.9. The predicted octanol–water partition coefficient (Wildman–Crippen LogP) is 9.71. The molecule has 0 aliphatic carbocycles. The number of rotatable bonds is 7. The summed E-state index contributed by atoms with van der Waals surface area (Å²) in [4.78, 5) is 12.8. The number of hydrogen-bond donors (Lipinski definition) is 0. The Morgan fingerprint density at radius 1 is 1.03 bits per heavy atom. The first kappa shape index (κ1) is 32.9. The fourth-order valence-corrected chi connectivity index (χ4v) is 9.27. The van der Waals surface area contributed by atoms with Crippen molar-refractivity contribution < 1.29 is 16.5 Å². The van der Waals surface area contributed by atoms with Gasteiger partial charge in [0.25, 0.3) is 0 Å². The molecule has 0 spiro atoms. The number of halogens is 3. The second-order valence-corrected chi connectivity index (χ2v) is 30.6. The summed E-state index contributed by atoms with van der Waals surface area (Å²) in [5, 5.41) is 10.6. The van der Waals surface area contributed by atoms with Crippen LogP contribution in [0.5, 0.6) is 5.75 Å². The van der Waals surface area contributed by atoms with Crippen LogP contribution in [0.2, 0.25) is 0 Å². The van der Waals surface area contributed by atoms with E-state index in [1.165, 1.54) is 28.4 Å². The van der Waals surface area contributed by atoms with Gasteiger partial charge in [-0.2, -0.15) is 0 Å². The van der Waals surface area contributed by atoms with Crippen LogP contribution in [0, 0.1) is 16.7 Å². The van der Waals surface area contributed by atoms with Crippen LogP contribution in [0.4, 0.5) is 11.4 Å². The molecule has 0 amide bonds. The van der Waals surface area contributed by atoms with E-state index in [0.717, 1.165) is 24.8 Å². The van der Waals surface area contributed by atoms with E-state index in [4.69, 9.17) is 3.07 Å². The summed E-state index contributed by atoms with van der Waals surface area (Å²) in [7, 11) is -1.02. The Morgan fingerprint density at radius 3 is 2.15 bits per heavy atom. The van der Waals surface area contributed by atoms with Crippen LogP contribution < -0.4 is 7.97 Å².